The Morgan fingerprint density at radius 1 is 0.949 bits per heavy atom. The number of carbonyl (C=O) groups is 1. The fraction of sp³-hybridized carbons (Fsp3) is 0.364. The third-order valence-corrected chi connectivity index (χ3v) is 8.95. The summed E-state index contributed by atoms with van der Waals surface area (Å²) in [7, 11) is -4.45. The van der Waals surface area contributed by atoms with Gasteiger partial charge >= 0.3 is 18.0 Å². The minimum atomic E-state index is -6.35. The molecule has 0 spiro atoms. The van der Waals surface area contributed by atoms with E-state index in [1.165, 1.54) is 0 Å². The van der Waals surface area contributed by atoms with Gasteiger partial charge in [-0.15, -0.1) is 5.10 Å². The number of alkyl halides is 7. The van der Waals surface area contributed by atoms with Crippen LogP contribution in [-0.2, 0) is 31.5 Å². The minimum Gasteiger partial charge on any atom is -0.353 e. The van der Waals surface area contributed by atoms with Crippen LogP contribution in [0, 0.1) is 5.82 Å². The predicted octanol–water partition coefficient (Wildman–Crippen LogP) is 3.82. The first-order valence-corrected chi connectivity index (χ1v) is 12.5. The molecule has 1 aliphatic rings. The second-order valence-electron chi connectivity index (χ2n) is 8.88. The van der Waals surface area contributed by atoms with Crippen LogP contribution in [0.3, 0.4) is 0 Å². The molecule has 0 aliphatic heterocycles. The van der Waals surface area contributed by atoms with Crippen LogP contribution in [0.2, 0.25) is 0 Å². The van der Waals surface area contributed by atoms with Crippen LogP contribution in [0.1, 0.15) is 29.8 Å². The molecule has 0 radical (unpaired) electrons. The van der Waals surface area contributed by atoms with Crippen LogP contribution in [-0.4, -0.2) is 53.3 Å². The van der Waals surface area contributed by atoms with E-state index in [1.54, 1.807) is 0 Å². The van der Waals surface area contributed by atoms with E-state index in [0.29, 0.717) is 12.1 Å². The summed E-state index contributed by atoms with van der Waals surface area (Å²) in [6, 6.07) is 4.61. The molecule has 210 valence electrons. The number of nitrogens with zero attached hydrogens (tertiary/aromatic N) is 3. The summed E-state index contributed by atoms with van der Waals surface area (Å²) in [5.41, 5.74) is -7.73. The summed E-state index contributed by atoms with van der Waals surface area (Å²) in [4.78, 5) is 11.9. The van der Waals surface area contributed by atoms with Crippen molar-refractivity contribution in [2.45, 2.75) is 53.0 Å². The first-order chi connectivity index (χ1) is 18.0. The van der Waals surface area contributed by atoms with Gasteiger partial charge in [0.1, 0.15) is 10.6 Å². The van der Waals surface area contributed by atoms with Crippen molar-refractivity contribution in [2.75, 3.05) is 0 Å². The number of rotatable bonds is 7. The Kier molecular flexibility index (Phi) is 6.94. The molecule has 39 heavy (non-hydrogen) atoms. The van der Waals surface area contributed by atoms with E-state index >= 15 is 0 Å². The SMILES string of the molecule is O=C(Cc1nnn[nH]1)N[C@H]1C[C@@](c2ccc(C(F)(C(F)(F)F)C(F)(F)F)cc2)(S(=O)(=O)c2ccc(F)cc2)C1. The van der Waals surface area contributed by atoms with E-state index in [4.69, 9.17) is 0 Å². The molecule has 8 nitrogen and oxygen atoms in total. The highest BCUT2D eigenvalue weighted by molar-refractivity contribution is 7.92. The lowest BCUT2D eigenvalue weighted by molar-refractivity contribution is -0.348. The summed E-state index contributed by atoms with van der Waals surface area (Å²) in [6.45, 7) is 0. The Balaban J connectivity index is 1.70. The van der Waals surface area contributed by atoms with Gasteiger partial charge in [0.15, 0.2) is 15.7 Å². The molecule has 0 bridgehead atoms. The average molecular weight is 583 g/mol. The molecule has 0 atom stereocenters. The second kappa shape index (κ2) is 9.53. The van der Waals surface area contributed by atoms with Gasteiger partial charge in [0.05, 0.1) is 11.3 Å². The number of nitrogens with one attached hydrogen (secondary N) is 2. The van der Waals surface area contributed by atoms with Gasteiger partial charge in [-0.05, 0) is 53.1 Å². The van der Waals surface area contributed by atoms with E-state index in [-0.39, 0.29) is 47.7 Å². The summed E-state index contributed by atoms with van der Waals surface area (Å²) < 4.78 is 132. The Morgan fingerprint density at radius 2 is 1.51 bits per heavy atom. The number of carbonyl (C=O) groups excluding carboxylic acids is 1. The van der Waals surface area contributed by atoms with Gasteiger partial charge in [0.25, 0.3) is 0 Å². The summed E-state index contributed by atoms with van der Waals surface area (Å²) in [5, 5.41) is 15.1. The molecule has 1 amide bonds. The minimum absolute atomic E-state index is 0.108. The normalized spacial score (nSPS) is 20.4. The largest absolute Gasteiger partial charge is 0.435 e. The van der Waals surface area contributed by atoms with Crippen molar-refractivity contribution in [2.24, 2.45) is 0 Å². The van der Waals surface area contributed by atoms with E-state index in [9.17, 15) is 48.3 Å². The number of sulfone groups is 1. The molecule has 1 saturated carbocycles. The first-order valence-electron chi connectivity index (χ1n) is 11.0. The summed E-state index contributed by atoms with van der Waals surface area (Å²) in [5.74, 6) is -1.25. The second-order valence-corrected chi connectivity index (χ2v) is 11.1. The van der Waals surface area contributed by atoms with Gasteiger partial charge < -0.3 is 5.32 Å². The number of hydrogen-bond donors (Lipinski definition) is 2. The van der Waals surface area contributed by atoms with E-state index in [1.807, 2.05) is 0 Å². The van der Waals surface area contributed by atoms with Gasteiger partial charge in [-0.1, -0.05) is 24.3 Å². The maximum atomic E-state index is 14.5. The maximum Gasteiger partial charge on any atom is 0.435 e. The molecule has 3 aromatic rings. The molecular formula is C22H17F8N5O3S. The van der Waals surface area contributed by atoms with E-state index in [0.717, 1.165) is 24.3 Å². The molecule has 0 saturated heterocycles. The lowest BCUT2D eigenvalue weighted by Gasteiger charge is -2.47. The topological polar surface area (TPSA) is 118 Å². The van der Waals surface area contributed by atoms with Crippen LogP contribution >= 0.6 is 0 Å². The molecule has 4 rings (SSSR count). The van der Waals surface area contributed by atoms with Crippen molar-refractivity contribution in [3.05, 3.63) is 71.3 Å². The lowest BCUT2D eigenvalue weighted by atomic mass is 9.74. The molecule has 2 aromatic carbocycles. The van der Waals surface area contributed by atoms with E-state index < -0.39 is 55.9 Å². The van der Waals surface area contributed by atoms with Crippen molar-refractivity contribution >= 4 is 15.7 Å². The number of H-pyrrole nitrogens is 1. The molecule has 1 heterocycles. The fourth-order valence-corrected chi connectivity index (χ4v) is 6.70. The van der Waals surface area contributed by atoms with Crippen molar-refractivity contribution in [3.8, 4) is 0 Å². The number of benzene rings is 2. The molecule has 1 aliphatic carbocycles. The van der Waals surface area contributed by atoms with Crippen molar-refractivity contribution in [3.63, 3.8) is 0 Å². The molecule has 2 N–H and O–H groups in total. The zero-order valence-electron chi connectivity index (χ0n) is 19.3. The third-order valence-electron chi connectivity index (χ3n) is 6.46. The Hall–Kier alpha value is -3.63. The lowest BCUT2D eigenvalue weighted by Crippen LogP contribution is -2.57. The fourth-order valence-electron chi connectivity index (χ4n) is 4.46. The quantitative estimate of drug-likeness (QED) is 0.323. The van der Waals surface area contributed by atoms with Crippen molar-refractivity contribution in [1.82, 2.24) is 25.9 Å². The highest BCUT2D eigenvalue weighted by atomic mass is 32.2. The van der Waals surface area contributed by atoms with Crippen LogP contribution in [0.15, 0.2) is 53.4 Å². The van der Waals surface area contributed by atoms with Gasteiger partial charge in [0.2, 0.25) is 5.91 Å². The molecule has 0 unspecified atom stereocenters. The van der Waals surface area contributed by atoms with Gasteiger partial charge in [-0.25, -0.2) is 22.3 Å². The number of aromatic amines is 1. The molecule has 17 heteroatoms. The number of hydrogen-bond acceptors (Lipinski definition) is 6. The van der Waals surface area contributed by atoms with Crippen molar-refractivity contribution < 1.29 is 48.3 Å². The average Bonchev–Trinajstić information content (AvgIpc) is 3.32. The van der Waals surface area contributed by atoms with Crippen LogP contribution < -0.4 is 5.32 Å². The van der Waals surface area contributed by atoms with E-state index in [2.05, 4.69) is 25.9 Å². The highest BCUT2D eigenvalue weighted by Gasteiger charge is 2.73. The Labute approximate surface area is 214 Å². The van der Waals surface area contributed by atoms with Gasteiger partial charge in [-0.3, -0.25) is 4.79 Å². The number of aromatic nitrogens is 4. The first kappa shape index (κ1) is 28.4. The maximum absolute atomic E-state index is 14.5. The van der Waals surface area contributed by atoms with Crippen LogP contribution in [0.25, 0.3) is 0 Å². The standard InChI is InChI=1S/C22H17F8N5O3S/c23-14-5-7-16(8-6-14)39(37,38)19(10-15(11-19)31-18(36)9-17-32-34-35-33-17)12-1-3-13(4-2-12)20(24,21(25,26)27)22(28,29)30/h1-8,15H,9-11H2,(H,31,36)(H,32,33,34,35)/t15-,19+. The molecule has 1 aromatic heterocycles. The monoisotopic (exact) mass is 583 g/mol. The third kappa shape index (κ3) is 4.83. The zero-order valence-corrected chi connectivity index (χ0v) is 20.1. The molecular weight excluding hydrogens is 566 g/mol. The number of tetrazole rings is 1. The smallest absolute Gasteiger partial charge is 0.353 e. The van der Waals surface area contributed by atoms with Gasteiger partial charge in [-0.2, -0.15) is 26.3 Å². The van der Waals surface area contributed by atoms with Gasteiger partial charge in [0, 0.05) is 11.6 Å². The van der Waals surface area contributed by atoms with Crippen LogP contribution in [0.4, 0.5) is 35.1 Å². The summed E-state index contributed by atoms with van der Waals surface area (Å²) in [6.07, 6.45) is -13.7. The van der Waals surface area contributed by atoms with Crippen LogP contribution in [0.5, 0.6) is 0 Å². The Bertz CT molecular complexity index is 1420. The Morgan fingerprint density at radius 3 is 2.00 bits per heavy atom. The predicted molar refractivity (Wildman–Crippen MR) is 116 cm³/mol. The summed E-state index contributed by atoms with van der Waals surface area (Å²) >= 11 is 0. The van der Waals surface area contributed by atoms with Crippen molar-refractivity contribution in [1.29, 1.82) is 0 Å². The number of halogens is 8. The zero-order chi connectivity index (χ0) is 28.9. The highest BCUT2D eigenvalue weighted by Crippen LogP contribution is 2.55. The number of amides is 1. The molecule has 1 fully saturated rings.